The molecule has 0 radical (unpaired) electrons. The molecule has 0 spiro atoms. The third kappa shape index (κ3) is 2.91. The smallest absolute Gasteiger partial charge is 0.409 e. The van der Waals surface area contributed by atoms with Crippen LogP contribution in [-0.2, 0) is 4.74 Å². The summed E-state index contributed by atoms with van der Waals surface area (Å²) in [6.45, 7) is 1.10. The van der Waals surface area contributed by atoms with E-state index in [0.717, 1.165) is 12.8 Å². The van der Waals surface area contributed by atoms with Gasteiger partial charge >= 0.3 is 6.09 Å². The van der Waals surface area contributed by atoms with Crippen LogP contribution in [0.5, 0.6) is 5.75 Å². The molecule has 1 saturated heterocycles. The third-order valence-electron chi connectivity index (χ3n) is 3.04. The lowest BCUT2D eigenvalue weighted by Crippen LogP contribution is -2.38. The van der Waals surface area contributed by atoms with Gasteiger partial charge in [0.05, 0.1) is 13.2 Å². The van der Waals surface area contributed by atoms with Gasteiger partial charge in [-0.25, -0.2) is 9.18 Å². The first-order chi connectivity index (χ1) is 8.70. The summed E-state index contributed by atoms with van der Waals surface area (Å²) in [4.78, 5) is 13.1. The molecule has 1 aromatic carbocycles. The van der Waals surface area contributed by atoms with Gasteiger partial charge in [0.15, 0.2) is 0 Å². The van der Waals surface area contributed by atoms with E-state index in [2.05, 4.69) is 0 Å². The Balaban J connectivity index is 1.89. The van der Waals surface area contributed by atoms with Gasteiger partial charge in [0.25, 0.3) is 0 Å². The zero-order chi connectivity index (χ0) is 13.0. The minimum absolute atomic E-state index is 0.0301. The molecule has 0 saturated carbocycles. The predicted octanol–water partition coefficient (Wildman–Crippen LogP) is 2.44. The number of benzene rings is 1. The Hall–Kier alpha value is -1.78. The molecule has 1 heterocycles. The average molecular weight is 253 g/mol. The molecule has 4 nitrogen and oxygen atoms in total. The number of methoxy groups -OCH3 is 1. The van der Waals surface area contributed by atoms with E-state index in [4.69, 9.17) is 9.47 Å². The second-order valence-corrected chi connectivity index (χ2v) is 4.22. The Morgan fingerprint density at radius 2 is 2.17 bits per heavy atom. The fraction of sp³-hybridized carbons (Fsp3) is 0.462. The molecule has 1 atom stereocenters. The Morgan fingerprint density at radius 1 is 1.44 bits per heavy atom. The number of nitrogens with zero attached hydrogens (tertiary/aromatic N) is 1. The van der Waals surface area contributed by atoms with E-state index >= 15 is 0 Å². The monoisotopic (exact) mass is 253 g/mol. The molecule has 0 aliphatic carbocycles. The van der Waals surface area contributed by atoms with Crippen molar-refractivity contribution in [3.63, 3.8) is 0 Å². The second kappa shape index (κ2) is 5.71. The second-order valence-electron chi connectivity index (χ2n) is 4.22. The van der Waals surface area contributed by atoms with Crippen LogP contribution in [0.25, 0.3) is 0 Å². The number of hydrogen-bond donors (Lipinski definition) is 0. The molecule has 0 bridgehead atoms. The van der Waals surface area contributed by atoms with Gasteiger partial charge in [0, 0.05) is 6.54 Å². The summed E-state index contributed by atoms with van der Waals surface area (Å²) in [7, 11) is 1.37. The summed E-state index contributed by atoms with van der Waals surface area (Å²) in [6, 6.07) is 5.88. The highest BCUT2D eigenvalue weighted by Gasteiger charge is 2.29. The molecule has 98 valence electrons. The highest BCUT2D eigenvalue weighted by molar-refractivity contribution is 5.68. The van der Waals surface area contributed by atoms with Crippen LogP contribution in [0.15, 0.2) is 24.3 Å². The molecule has 0 N–H and O–H groups in total. The molecule has 18 heavy (non-hydrogen) atoms. The van der Waals surface area contributed by atoms with Crippen LogP contribution < -0.4 is 4.74 Å². The number of halogens is 1. The first kappa shape index (κ1) is 12.7. The zero-order valence-corrected chi connectivity index (χ0v) is 10.3. The number of carbonyl (C=O) groups is 1. The molecule has 1 aromatic rings. The Kier molecular flexibility index (Phi) is 4.02. The van der Waals surface area contributed by atoms with Crippen molar-refractivity contribution in [3.8, 4) is 5.75 Å². The van der Waals surface area contributed by atoms with Crippen molar-refractivity contribution >= 4 is 6.09 Å². The van der Waals surface area contributed by atoms with Crippen LogP contribution in [0.3, 0.4) is 0 Å². The lowest BCUT2D eigenvalue weighted by molar-refractivity contribution is 0.105. The average Bonchev–Trinajstić information content (AvgIpc) is 2.85. The van der Waals surface area contributed by atoms with Crippen LogP contribution in [0.2, 0.25) is 0 Å². The third-order valence-corrected chi connectivity index (χ3v) is 3.04. The van der Waals surface area contributed by atoms with E-state index in [-0.39, 0.29) is 18.0 Å². The zero-order valence-electron chi connectivity index (χ0n) is 10.3. The molecule has 1 aliphatic rings. The highest BCUT2D eigenvalue weighted by atomic mass is 19.1. The highest BCUT2D eigenvalue weighted by Crippen LogP contribution is 2.20. The van der Waals surface area contributed by atoms with Gasteiger partial charge in [0.2, 0.25) is 0 Å². The van der Waals surface area contributed by atoms with Crippen molar-refractivity contribution in [2.75, 3.05) is 20.3 Å². The van der Waals surface area contributed by atoms with Crippen LogP contribution in [0.4, 0.5) is 9.18 Å². The van der Waals surface area contributed by atoms with E-state index in [1.807, 2.05) is 0 Å². The number of amides is 1. The van der Waals surface area contributed by atoms with E-state index in [1.165, 1.54) is 19.2 Å². The van der Waals surface area contributed by atoms with Gasteiger partial charge in [-0.3, -0.25) is 0 Å². The van der Waals surface area contributed by atoms with E-state index in [9.17, 15) is 9.18 Å². The van der Waals surface area contributed by atoms with Crippen LogP contribution in [0, 0.1) is 5.82 Å². The maximum Gasteiger partial charge on any atom is 0.409 e. The van der Waals surface area contributed by atoms with Gasteiger partial charge in [-0.1, -0.05) is 0 Å². The Morgan fingerprint density at radius 3 is 2.83 bits per heavy atom. The maximum atomic E-state index is 12.7. The fourth-order valence-corrected chi connectivity index (χ4v) is 2.09. The summed E-state index contributed by atoms with van der Waals surface area (Å²) in [5.74, 6) is 0.313. The molecule has 0 aromatic heterocycles. The molecule has 1 aliphatic heterocycles. The van der Waals surface area contributed by atoms with Gasteiger partial charge in [0.1, 0.15) is 18.2 Å². The molecule has 1 unspecified atom stereocenters. The molecule has 5 heteroatoms. The summed E-state index contributed by atoms with van der Waals surface area (Å²) in [6.07, 6.45) is 1.53. The Labute approximate surface area is 105 Å². The standard InChI is InChI=1S/C13H16FNO3/c1-17-13(16)15-8-2-3-11(15)9-18-12-6-4-10(14)5-7-12/h4-7,11H,2-3,8-9H2,1H3. The minimum atomic E-state index is -0.319. The van der Waals surface area contributed by atoms with Crippen molar-refractivity contribution in [2.24, 2.45) is 0 Å². The van der Waals surface area contributed by atoms with Crippen molar-refractivity contribution in [3.05, 3.63) is 30.1 Å². The van der Waals surface area contributed by atoms with E-state index < -0.39 is 0 Å². The first-order valence-corrected chi connectivity index (χ1v) is 5.93. The fourth-order valence-electron chi connectivity index (χ4n) is 2.09. The van der Waals surface area contributed by atoms with Crippen LogP contribution in [0.1, 0.15) is 12.8 Å². The Bertz CT molecular complexity index is 407. The number of rotatable bonds is 3. The van der Waals surface area contributed by atoms with Crippen LogP contribution in [-0.4, -0.2) is 37.3 Å². The molecular weight excluding hydrogens is 237 g/mol. The van der Waals surface area contributed by atoms with Gasteiger partial charge in [-0.2, -0.15) is 0 Å². The number of hydrogen-bond acceptors (Lipinski definition) is 3. The number of ether oxygens (including phenoxy) is 2. The van der Waals surface area contributed by atoms with Gasteiger partial charge in [-0.05, 0) is 37.1 Å². The number of carbonyl (C=O) groups excluding carboxylic acids is 1. The predicted molar refractivity (Wildman–Crippen MR) is 64.0 cm³/mol. The van der Waals surface area contributed by atoms with E-state index in [0.29, 0.717) is 18.9 Å². The van der Waals surface area contributed by atoms with Gasteiger partial charge in [-0.15, -0.1) is 0 Å². The first-order valence-electron chi connectivity index (χ1n) is 5.93. The topological polar surface area (TPSA) is 38.8 Å². The quantitative estimate of drug-likeness (QED) is 0.830. The molecule has 2 rings (SSSR count). The van der Waals surface area contributed by atoms with Gasteiger partial charge < -0.3 is 14.4 Å². The largest absolute Gasteiger partial charge is 0.491 e. The number of likely N-dealkylation sites (tertiary alicyclic amines) is 1. The molecule has 1 amide bonds. The summed E-state index contributed by atoms with van der Waals surface area (Å²) in [5.41, 5.74) is 0. The summed E-state index contributed by atoms with van der Waals surface area (Å²) >= 11 is 0. The minimum Gasteiger partial charge on any atom is -0.491 e. The van der Waals surface area contributed by atoms with Crippen LogP contribution >= 0.6 is 0 Å². The van der Waals surface area contributed by atoms with Crippen molar-refractivity contribution in [2.45, 2.75) is 18.9 Å². The van der Waals surface area contributed by atoms with Crippen molar-refractivity contribution in [1.29, 1.82) is 0 Å². The maximum absolute atomic E-state index is 12.7. The lowest BCUT2D eigenvalue weighted by atomic mass is 10.2. The summed E-state index contributed by atoms with van der Waals surface area (Å²) in [5, 5.41) is 0. The SMILES string of the molecule is COC(=O)N1CCCC1COc1ccc(F)cc1. The van der Waals surface area contributed by atoms with E-state index in [1.54, 1.807) is 17.0 Å². The normalized spacial score (nSPS) is 18.8. The lowest BCUT2D eigenvalue weighted by Gasteiger charge is -2.23. The molecule has 1 fully saturated rings. The van der Waals surface area contributed by atoms with Crippen molar-refractivity contribution < 1.29 is 18.7 Å². The van der Waals surface area contributed by atoms with Crippen molar-refractivity contribution in [1.82, 2.24) is 4.90 Å². The molecular formula is C13H16FNO3. The summed E-state index contributed by atoms with van der Waals surface area (Å²) < 4.78 is 23.0.